The molecule has 2 aromatic rings. The molecule has 5 atom stereocenters. The number of halogens is 2. The number of aliphatic hydroxyl groups excluding tert-OH is 1. The molecule has 2 bridgehead atoms. The van der Waals surface area contributed by atoms with Gasteiger partial charge < -0.3 is 20.9 Å². The van der Waals surface area contributed by atoms with Crippen LogP contribution in [0.5, 0.6) is 5.75 Å². The maximum Gasteiger partial charge on any atom is 0.258 e. The summed E-state index contributed by atoms with van der Waals surface area (Å²) in [4.78, 5) is 17.5. The normalized spacial score (nSPS) is 26.7. The van der Waals surface area contributed by atoms with E-state index in [1.54, 1.807) is 18.2 Å². The Kier molecular flexibility index (Phi) is 9.14. The topological polar surface area (TPSA) is 91.1 Å². The summed E-state index contributed by atoms with van der Waals surface area (Å²) in [5, 5.41) is 15.6. The van der Waals surface area contributed by atoms with Gasteiger partial charge in [0.1, 0.15) is 12.0 Å². The molecule has 5 rings (SSSR count). The zero-order valence-corrected chi connectivity index (χ0v) is 23.2. The quantitative estimate of drug-likeness (QED) is 0.422. The second-order valence-corrected chi connectivity index (χ2v) is 11.9. The monoisotopic (exact) mass is 560 g/mol. The van der Waals surface area contributed by atoms with Crippen molar-refractivity contribution >= 4 is 29.1 Å². The zero-order valence-electron chi connectivity index (χ0n) is 21.7. The van der Waals surface area contributed by atoms with Crippen LogP contribution in [-0.4, -0.2) is 65.2 Å². The Bertz CT molecular complexity index is 1090. The van der Waals surface area contributed by atoms with E-state index in [-0.39, 0.29) is 18.6 Å². The number of likely N-dealkylation sites (tertiary alicyclic amines) is 1. The number of nitrogens with two attached hydrogens (primary N) is 1. The standard InChI is InChI=1S/C29H38Cl2N4O3/c30-21-5-3-19(4-6-21)17-35-24-8-9-25(35)14-23(13-24)33-28(36)18-38-27-10-7-22(31)12-26(27)29(37)34-11-1-2-20(15-32)16-34/h3-7,10,12,20,23-25,29,37H,1-2,8-9,11,13-18,32H2,(H,33,36)/t20?,23?,24-,25+,29?. The minimum Gasteiger partial charge on any atom is -0.483 e. The van der Waals surface area contributed by atoms with E-state index in [0.717, 1.165) is 63.2 Å². The summed E-state index contributed by atoms with van der Waals surface area (Å²) >= 11 is 12.3. The highest BCUT2D eigenvalue weighted by Gasteiger charge is 2.41. The van der Waals surface area contributed by atoms with Crippen LogP contribution < -0.4 is 15.8 Å². The van der Waals surface area contributed by atoms with E-state index in [2.05, 4.69) is 22.3 Å². The van der Waals surface area contributed by atoms with E-state index in [4.69, 9.17) is 33.7 Å². The highest BCUT2D eigenvalue weighted by molar-refractivity contribution is 6.30. The Morgan fingerprint density at radius 2 is 1.79 bits per heavy atom. The zero-order chi connectivity index (χ0) is 26.6. The van der Waals surface area contributed by atoms with Crippen LogP contribution in [0, 0.1) is 5.92 Å². The second-order valence-electron chi connectivity index (χ2n) is 11.0. The molecular formula is C29H38Cl2N4O3. The number of rotatable bonds is 9. The molecule has 0 spiro atoms. The molecule has 3 fully saturated rings. The van der Waals surface area contributed by atoms with E-state index in [9.17, 15) is 9.90 Å². The van der Waals surface area contributed by atoms with Gasteiger partial charge in [-0.15, -0.1) is 0 Å². The summed E-state index contributed by atoms with van der Waals surface area (Å²) in [6.45, 7) is 2.92. The average molecular weight is 562 g/mol. The molecule has 9 heteroatoms. The number of ether oxygens (including phenoxy) is 1. The third-order valence-electron chi connectivity index (χ3n) is 8.37. The van der Waals surface area contributed by atoms with Crippen molar-refractivity contribution in [2.45, 2.75) is 69.4 Å². The number of nitrogens with zero attached hydrogens (tertiary/aromatic N) is 2. The Morgan fingerprint density at radius 3 is 2.50 bits per heavy atom. The molecule has 206 valence electrons. The van der Waals surface area contributed by atoms with Gasteiger partial charge in [-0.05, 0) is 86.9 Å². The van der Waals surface area contributed by atoms with Crippen LogP contribution in [0.2, 0.25) is 10.0 Å². The molecule has 3 heterocycles. The lowest BCUT2D eigenvalue weighted by molar-refractivity contribution is -0.124. The van der Waals surface area contributed by atoms with Crippen molar-refractivity contribution in [3.8, 4) is 5.75 Å². The first-order valence-electron chi connectivity index (χ1n) is 13.7. The summed E-state index contributed by atoms with van der Waals surface area (Å²) < 4.78 is 5.94. The van der Waals surface area contributed by atoms with Crippen molar-refractivity contribution in [1.29, 1.82) is 0 Å². The smallest absolute Gasteiger partial charge is 0.258 e. The van der Waals surface area contributed by atoms with Crippen LogP contribution in [0.4, 0.5) is 0 Å². The van der Waals surface area contributed by atoms with Crippen LogP contribution in [0.25, 0.3) is 0 Å². The number of carbonyl (C=O) groups is 1. The van der Waals surface area contributed by atoms with Crippen LogP contribution in [0.1, 0.15) is 55.9 Å². The molecule has 3 aliphatic rings. The highest BCUT2D eigenvalue weighted by Crippen LogP contribution is 2.37. The molecule has 0 aliphatic carbocycles. The lowest BCUT2D eigenvalue weighted by Gasteiger charge is -2.39. The Hall–Kier alpha value is -1.87. The van der Waals surface area contributed by atoms with Crippen LogP contribution in [0.15, 0.2) is 42.5 Å². The molecular weight excluding hydrogens is 523 g/mol. The SMILES string of the molecule is NCC1CCCN(C(O)c2cc(Cl)ccc2OCC(=O)NC2C[C@H]3CC[C@@H](C2)N3Cc2ccc(Cl)cc2)C1. The molecule has 1 amide bonds. The predicted molar refractivity (Wildman–Crippen MR) is 150 cm³/mol. The van der Waals surface area contributed by atoms with Gasteiger partial charge in [-0.25, -0.2) is 0 Å². The van der Waals surface area contributed by atoms with Gasteiger partial charge >= 0.3 is 0 Å². The van der Waals surface area contributed by atoms with E-state index in [1.807, 2.05) is 17.0 Å². The Balaban J connectivity index is 1.15. The van der Waals surface area contributed by atoms with Crippen molar-refractivity contribution < 1.29 is 14.6 Å². The molecule has 3 unspecified atom stereocenters. The number of fused-ring (bicyclic) bond motifs is 2. The second kappa shape index (κ2) is 12.5. The highest BCUT2D eigenvalue weighted by atomic mass is 35.5. The van der Waals surface area contributed by atoms with Crippen molar-refractivity contribution in [3.63, 3.8) is 0 Å². The van der Waals surface area contributed by atoms with Crippen LogP contribution in [0.3, 0.4) is 0 Å². The summed E-state index contributed by atoms with van der Waals surface area (Å²) in [6.07, 6.45) is 5.40. The summed E-state index contributed by atoms with van der Waals surface area (Å²) in [7, 11) is 0. The first-order valence-corrected chi connectivity index (χ1v) is 14.5. The van der Waals surface area contributed by atoms with Crippen molar-refractivity contribution in [2.24, 2.45) is 11.7 Å². The number of piperidine rings is 2. The molecule has 3 saturated heterocycles. The maximum atomic E-state index is 12.9. The van der Waals surface area contributed by atoms with E-state index >= 15 is 0 Å². The Morgan fingerprint density at radius 1 is 1.08 bits per heavy atom. The van der Waals surface area contributed by atoms with Gasteiger partial charge in [-0.1, -0.05) is 35.3 Å². The van der Waals surface area contributed by atoms with Crippen molar-refractivity contribution in [3.05, 3.63) is 63.6 Å². The third-order valence-corrected chi connectivity index (χ3v) is 8.85. The predicted octanol–water partition coefficient (Wildman–Crippen LogP) is 4.35. The molecule has 0 saturated carbocycles. The first-order chi connectivity index (χ1) is 18.4. The summed E-state index contributed by atoms with van der Waals surface area (Å²) in [6, 6.07) is 14.3. The van der Waals surface area contributed by atoms with Crippen molar-refractivity contribution in [2.75, 3.05) is 26.2 Å². The first kappa shape index (κ1) is 27.7. The Labute approximate surface area is 235 Å². The fourth-order valence-electron chi connectivity index (χ4n) is 6.42. The van der Waals surface area contributed by atoms with Crippen LogP contribution in [-0.2, 0) is 11.3 Å². The molecule has 0 radical (unpaired) electrons. The summed E-state index contributed by atoms with van der Waals surface area (Å²) in [5.74, 6) is 0.697. The van der Waals surface area contributed by atoms with E-state index in [0.29, 0.717) is 40.9 Å². The van der Waals surface area contributed by atoms with Gasteiger partial charge in [0.15, 0.2) is 6.61 Å². The van der Waals surface area contributed by atoms with Gasteiger partial charge in [0, 0.05) is 53.4 Å². The largest absolute Gasteiger partial charge is 0.483 e. The molecule has 0 aromatic heterocycles. The number of nitrogens with one attached hydrogen (secondary N) is 1. The van der Waals surface area contributed by atoms with E-state index in [1.165, 1.54) is 5.56 Å². The number of carbonyl (C=O) groups excluding carboxylic acids is 1. The number of hydrogen-bond donors (Lipinski definition) is 3. The van der Waals surface area contributed by atoms with E-state index < -0.39 is 6.23 Å². The lowest BCUT2D eigenvalue weighted by Crippen LogP contribution is -2.50. The number of amides is 1. The summed E-state index contributed by atoms with van der Waals surface area (Å²) in [5.41, 5.74) is 7.73. The van der Waals surface area contributed by atoms with Gasteiger partial charge in [0.25, 0.3) is 5.91 Å². The molecule has 7 nitrogen and oxygen atoms in total. The molecule has 38 heavy (non-hydrogen) atoms. The molecule has 2 aromatic carbocycles. The van der Waals surface area contributed by atoms with Gasteiger partial charge in [0.05, 0.1) is 0 Å². The molecule has 3 aliphatic heterocycles. The van der Waals surface area contributed by atoms with Crippen molar-refractivity contribution in [1.82, 2.24) is 15.1 Å². The van der Waals surface area contributed by atoms with Gasteiger partial charge in [-0.3, -0.25) is 14.6 Å². The van der Waals surface area contributed by atoms with Gasteiger partial charge in [0.2, 0.25) is 0 Å². The maximum absolute atomic E-state index is 12.9. The van der Waals surface area contributed by atoms with Gasteiger partial charge in [-0.2, -0.15) is 0 Å². The minimum absolute atomic E-state index is 0.104. The minimum atomic E-state index is -0.860. The van der Waals surface area contributed by atoms with Crippen LogP contribution >= 0.6 is 23.2 Å². The fraction of sp³-hybridized carbons (Fsp3) is 0.552. The average Bonchev–Trinajstić information content (AvgIpc) is 3.15. The number of hydrogen-bond acceptors (Lipinski definition) is 6. The molecule has 4 N–H and O–H groups in total. The number of aliphatic hydroxyl groups is 1. The lowest BCUT2D eigenvalue weighted by atomic mass is 9.96. The fourth-order valence-corrected chi connectivity index (χ4v) is 6.73. The third kappa shape index (κ3) is 6.64. The number of benzene rings is 2.